The average Bonchev–Trinajstić information content (AvgIpc) is 3.65. The van der Waals surface area contributed by atoms with Crippen molar-refractivity contribution in [2.75, 3.05) is 12.4 Å². The maximum absolute atomic E-state index is 11.0. The van der Waals surface area contributed by atoms with Crippen LogP contribution >= 0.6 is 34.2 Å². The molecule has 7 atom stereocenters. The Hall–Kier alpha value is -1.57. The number of aliphatic hydroxyl groups excluding tert-OH is 2. The van der Waals surface area contributed by atoms with Crippen molar-refractivity contribution in [1.29, 1.82) is 0 Å². The van der Waals surface area contributed by atoms with E-state index in [1.807, 2.05) is 35.9 Å². The first-order valence-corrected chi connectivity index (χ1v) is 12.0. The lowest BCUT2D eigenvalue weighted by Gasteiger charge is -2.23. The largest absolute Gasteiger partial charge is 0.390 e. The number of epoxide rings is 1. The van der Waals surface area contributed by atoms with E-state index in [2.05, 4.69) is 48.2 Å². The van der Waals surface area contributed by atoms with E-state index in [9.17, 15) is 10.2 Å². The summed E-state index contributed by atoms with van der Waals surface area (Å²) in [6.07, 6.45) is 0.596. The van der Waals surface area contributed by atoms with Gasteiger partial charge in [0.25, 0.3) is 0 Å². The summed E-state index contributed by atoms with van der Waals surface area (Å²) in [5.74, 6) is 0.720. The molecule has 9 nitrogen and oxygen atoms in total. The minimum atomic E-state index is -0.914. The molecule has 3 aliphatic rings. The topological polar surface area (TPSA) is 121 Å². The molecule has 6 rings (SSSR count). The molecule has 2 aliphatic carbocycles. The Labute approximate surface area is 202 Å². The third-order valence-electron chi connectivity index (χ3n) is 7.11. The van der Waals surface area contributed by atoms with E-state index in [1.165, 1.54) is 0 Å². The van der Waals surface area contributed by atoms with Crippen LogP contribution in [0.3, 0.4) is 0 Å². The summed E-state index contributed by atoms with van der Waals surface area (Å²) >= 11 is 8.18. The fourth-order valence-electron chi connectivity index (χ4n) is 5.50. The van der Waals surface area contributed by atoms with Gasteiger partial charge in [0, 0.05) is 39.6 Å². The van der Waals surface area contributed by atoms with Crippen LogP contribution in [0.25, 0.3) is 11.2 Å². The highest BCUT2D eigenvalue weighted by atomic mass is 127. The molecule has 11 heteroatoms. The number of hydrogen-bond donors (Lipinski definition) is 4. The van der Waals surface area contributed by atoms with Crippen LogP contribution in [0.15, 0.2) is 30.6 Å². The van der Waals surface area contributed by atoms with Gasteiger partial charge in [-0.3, -0.25) is 5.32 Å². The van der Waals surface area contributed by atoms with Gasteiger partial charge < -0.3 is 24.8 Å². The third kappa shape index (κ3) is 3.07. The van der Waals surface area contributed by atoms with E-state index in [0.29, 0.717) is 32.4 Å². The summed E-state index contributed by atoms with van der Waals surface area (Å²) in [5.41, 5.74) is 1.88. The highest BCUT2D eigenvalue weighted by Gasteiger charge is 2.79. The Kier molecular flexibility index (Phi) is 4.90. The molecule has 3 heterocycles. The Balaban J connectivity index is 1.32. The molecule has 1 aromatic carbocycles. The lowest BCUT2D eigenvalue weighted by Crippen LogP contribution is -2.37. The summed E-state index contributed by atoms with van der Waals surface area (Å²) in [7, 11) is 1.84. The summed E-state index contributed by atoms with van der Waals surface area (Å²) in [4.78, 5) is 13.7. The molecule has 1 aliphatic heterocycles. The quantitative estimate of drug-likeness (QED) is 0.202. The predicted octanol–water partition coefficient (Wildman–Crippen LogP) is 1.92. The van der Waals surface area contributed by atoms with E-state index in [4.69, 9.17) is 16.3 Å². The van der Waals surface area contributed by atoms with Gasteiger partial charge in [-0.25, -0.2) is 15.0 Å². The first kappa shape index (κ1) is 21.0. The van der Waals surface area contributed by atoms with Crippen molar-refractivity contribution in [3.63, 3.8) is 0 Å². The normalized spacial score (nSPS) is 35.2. The Morgan fingerprint density at radius 2 is 2.19 bits per heavy atom. The minimum absolute atomic E-state index is 0.0642. The predicted molar refractivity (Wildman–Crippen MR) is 126 cm³/mol. The molecule has 2 aromatic heterocycles. The number of anilines is 1. The average molecular weight is 569 g/mol. The minimum Gasteiger partial charge on any atom is -0.390 e. The summed E-state index contributed by atoms with van der Waals surface area (Å²) in [6.45, 7) is 0.538. The molecule has 32 heavy (non-hydrogen) atoms. The van der Waals surface area contributed by atoms with Crippen molar-refractivity contribution in [2.45, 2.75) is 43.5 Å². The van der Waals surface area contributed by atoms with Crippen LogP contribution in [-0.2, 0) is 11.3 Å². The summed E-state index contributed by atoms with van der Waals surface area (Å²) in [6, 6.07) is 7.32. The third-order valence-corrected chi connectivity index (χ3v) is 7.83. The number of rotatable bonds is 6. The van der Waals surface area contributed by atoms with Gasteiger partial charge in [0.05, 0.1) is 18.5 Å². The Morgan fingerprint density at radius 3 is 2.94 bits per heavy atom. The molecule has 3 unspecified atom stereocenters. The van der Waals surface area contributed by atoms with Gasteiger partial charge in [0.15, 0.2) is 20.8 Å². The van der Waals surface area contributed by atoms with Crippen molar-refractivity contribution in [2.24, 2.45) is 11.3 Å². The number of aliphatic hydroxyl groups is 2. The number of benzene rings is 1. The lowest BCUT2D eigenvalue weighted by atomic mass is 9.95. The first-order chi connectivity index (χ1) is 15.4. The van der Waals surface area contributed by atoms with Gasteiger partial charge in [-0.1, -0.05) is 23.7 Å². The number of imidazole rings is 1. The highest BCUT2D eigenvalue weighted by molar-refractivity contribution is 14.1. The molecule has 2 saturated carbocycles. The fraction of sp³-hybridized carbons (Fsp3) is 0.476. The van der Waals surface area contributed by atoms with Crippen molar-refractivity contribution in [1.82, 2.24) is 24.8 Å². The molecule has 4 N–H and O–H groups in total. The van der Waals surface area contributed by atoms with Crippen molar-refractivity contribution < 1.29 is 14.9 Å². The number of nitrogens with one attached hydrogen (secondary N) is 2. The summed E-state index contributed by atoms with van der Waals surface area (Å²) in [5, 5.41) is 29.0. The summed E-state index contributed by atoms with van der Waals surface area (Å²) < 4.78 is 8.20. The second-order valence-electron chi connectivity index (χ2n) is 8.76. The number of aromatic nitrogens is 4. The monoisotopic (exact) mass is 568 g/mol. The molecule has 0 radical (unpaired) electrons. The number of ether oxygens (including phenoxy) is 1. The van der Waals surface area contributed by atoms with Crippen molar-refractivity contribution >= 4 is 51.2 Å². The second kappa shape index (κ2) is 7.47. The number of hydrogen-bond acceptors (Lipinski definition) is 8. The Bertz CT molecular complexity index is 1210. The molecule has 0 amide bonds. The van der Waals surface area contributed by atoms with E-state index in [0.717, 1.165) is 12.0 Å². The number of fused-ring (bicyclic) bond motifs is 2. The molecule has 3 aromatic rings. The van der Waals surface area contributed by atoms with Gasteiger partial charge >= 0.3 is 0 Å². The molecule has 3 fully saturated rings. The van der Waals surface area contributed by atoms with Gasteiger partial charge in [-0.05, 0) is 37.1 Å². The SMILES string of the molecule is CN[C@H]1OC1C12CC1[C@@H](n1cnc3c(NCc4cccc(Cl)c4)nc(I)nc31)[C@H](O)[C@@H]2O. The molecular formula is C21H22ClIN6O3. The van der Waals surface area contributed by atoms with Crippen LogP contribution in [0.2, 0.25) is 5.02 Å². The zero-order valence-corrected chi connectivity index (χ0v) is 20.0. The van der Waals surface area contributed by atoms with Crippen LogP contribution in [0.4, 0.5) is 5.82 Å². The fourth-order valence-corrected chi connectivity index (χ4v) is 6.18. The van der Waals surface area contributed by atoms with Crippen LogP contribution < -0.4 is 10.6 Å². The maximum Gasteiger partial charge on any atom is 0.194 e. The zero-order chi connectivity index (χ0) is 22.2. The lowest BCUT2D eigenvalue weighted by molar-refractivity contribution is -0.0235. The van der Waals surface area contributed by atoms with E-state index in [-0.39, 0.29) is 24.3 Å². The first-order valence-electron chi connectivity index (χ1n) is 10.5. The van der Waals surface area contributed by atoms with Crippen LogP contribution in [-0.4, -0.2) is 61.3 Å². The van der Waals surface area contributed by atoms with Gasteiger partial charge in [0.2, 0.25) is 0 Å². The second-order valence-corrected chi connectivity index (χ2v) is 10.2. The smallest absolute Gasteiger partial charge is 0.194 e. The Morgan fingerprint density at radius 1 is 1.34 bits per heavy atom. The van der Waals surface area contributed by atoms with Crippen molar-refractivity contribution in [3.05, 3.63) is 45.0 Å². The van der Waals surface area contributed by atoms with Crippen LogP contribution in [0.1, 0.15) is 18.0 Å². The van der Waals surface area contributed by atoms with E-state index < -0.39 is 17.6 Å². The maximum atomic E-state index is 11.0. The van der Waals surface area contributed by atoms with Gasteiger partial charge in [-0.15, -0.1) is 0 Å². The number of halogens is 2. The van der Waals surface area contributed by atoms with Crippen molar-refractivity contribution in [3.8, 4) is 0 Å². The zero-order valence-electron chi connectivity index (χ0n) is 17.1. The van der Waals surface area contributed by atoms with E-state index in [1.54, 1.807) is 6.33 Å². The molecule has 0 spiro atoms. The molecule has 0 bridgehead atoms. The van der Waals surface area contributed by atoms with Gasteiger partial charge in [0.1, 0.15) is 18.4 Å². The number of likely N-dealkylation sites (N-methyl/N-ethyl adjacent to an activating group) is 1. The number of nitrogens with zero attached hydrogens (tertiary/aromatic N) is 4. The van der Waals surface area contributed by atoms with Crippen LogP contribution in [0.5, 0.6) is 0 Å². The standard InChI is InChI=1S/C21H22ClIN6O3/c1-24-19-16(32-19)21-6-11(21)13(14(30)15(21)31)29-8-26-12-17(27-20(23)28-18(12)29)25-7-9-3-2-4-10(22)5-9/h2-5,8,11,13-16,19,24,30-31H,6-7H2,1H3,(H,25,27,28)/t11?,13-,14+,15+,16?,19+,21?/m1/s1. The highest BCUT2D eigenvalue weighted by Crippen LogP contribution is 2.72. The molecular weight excluding hydrogens is 547 g/mol. The molecule has 168 valence electrons. The molecule has 1 saturated heterocycles. The van der Waals surface area contributed by atoms with Gasteiger partial charge in [-0.2, -0.15) is 0 Å². The van der Waals surface area contributed by atoms with E-state index >= 15 is 0 Å². The van der Waals surface area contributed by atoms with Crippen LogP contribution in [0, 0.1) is 15.2 Å².